The highest BCUT2D eigenvalue weighted by molar-refractivity contribution is 6.32. The van der Waals surface area contributed by atoms with Gasteiger partial charge in [-0.2, -0.15) is 0 Å². The molecule has 1 unspecified atom stereocenters. The van der Waals surface area contributed by atoms with Gasteiger partial charge < -0.3 is 15.5 Å². The number of hydrogen-bond donors (Lipinski definition) is 2. The molecule has 1 atom stereocenters. The molecule has 1 aromatic rings. The maximum Gasteiger partial charge on any atom is 0.191 e. The fourth-order valence-electron chi connectivity index (χ4n) is 3.07. The molecule has 6 heteroatoms. The Morgan fingerprint density at radius 3 is 3.04 bits per heavy atom. The van der Waals surface area contributed by atoms with Gasteiger partial charge in [0.25, 0.3) is 0 Å². The Hall–Kier alpha value is -1.49. The number of aromatic nitrogens is 1. The van der Waals surface area contributed by atoms with E-state index in [-0.39, 0.29) is 0 Å². The summed E-state index contributed by atoms with van der Waals surface area (Å²) in [5.41, 5.74) is 0. The molecule has 0 bridgehead atoms. The SMILES string of the molecule is CN=C(NCCCC1CC1)NC1CCN(c2ncccc2Cl)C1. The predicted molar refractivity (Wildman–Crippen MR) is 96.3 cm³/mol. The lowest BCUT2D eigenvalue weighted by atomic mass is 10.2. The second-order valence-electron chi connectivity index (χ2n) is 6.47. The van der Waals surface area contributed by atoms with E-state index in [9.17, 15) is 0 Å². The van der Waals surface area contributed by atoms with Gasteiger partial charge in [-0.25, -0.2) is 4.98 Å². The smallest absolute Gasteiger partial charge is 0.191 e. The van der Waals surface area contributed by atoms with Crippen molar-refractivity contribution in [2.75, 3.05) is 31.6 Å². The fourth-order valence-corrected chi connectivity index (χ4v) is 3.31. The predicted octanol–water partition coefficient (Wildman–Crippen LogP) is 2.67. The van der Waals surface area contributed by atoms with Gasteiger partial charge in [0, 0.05) is 38.9 Å². The first-order valence-electron chi connectivity index (χ1n) is 8.59. The van der Waals surface area contributed by atoms with Crippen LogP contribution in [-0.2, 0) is 0 Å². The monoisotopic (exact) mass is 335 g/mol. The normalized spacial score (nSPS) is 21.6. The second kappa shape index (κ2) is 7.86. The number of guanidine groups is 1. The minimum absolute atomic E-state index is 0.378. The minimum atomic E-state index is 0.378. The summed E-state index contributed by atoms with van der Waals surface area (Å²) in [7, 11) is 1.83. The van der Waals surface area contributed by atoms with Crippen LogP contribution in [0.15, 0.2) is 23.3 Å². The van der Waals surface area contributed by atoms with Crippen LogP contribution in [0.4, 0.5) is 5.82 Å². The van der Waals surface area contributed by atoms with Gasteiger partial charge in [-0.15, -0.1) is 0 Å². The molecule has 1 saturated carbocycles. The highest BCUT2D eigenvalue weighted by atomic mass is 35.5. The lowest BCUT2D eigenvalue weighted by molar-refractivity contribution is 0.620. The zero-order chi connectivity index (χ0) is 16.1. The molecule has 2 aliphatic rings. The molecule has 2 N–H and O–H groups in total. The van der Waals surface area contributed by atoms with E-state index in [0.29, 0.717) is 6.04 Å². The molecule has 1 aliphatic heterocycles. The first kappa shape index (κ1) is 16.4. The third-order valence-corrected chi connectivity index (χ3v) is 4.86. The van der Waals surface area contributed by atoms with Crippen molar-refractivity contribution in [1.29, 1.82) is 0 Å². The highest BCUT2D eigenvalue weighted by Gasteiger charge is 2.25. The van der Waals surface area contributed by atoms with Gasteiger partial charge in [0.1, 0.15) is 5.82 Å². The zero-order valence-electron chi connectivity index (χ0n) is 13.8. The standard InChI is InChI=1S/C17H26ClN5/c1-19-17(21-10-2-4-13-6-7-13)22-14-8-11-23(12-14)16-15(18)5-3-9-20-16/h3,5,9,13-14H,2,4,6-8,10-12H2,1H3,(H2,19,21,22). The average Bonchev–Trinajstić information content (AvgIpc) is 3.28. The summed E-state index contributed by atoms with van der Waals surface area (Å²) < 4.78 is 0. The molecule has 5 nitrogen and oxygen atoms in total. The second-order valence-corrected chi connectivity index (χ2v) is 6.88. The number of halogens is 1. The molecule has 0 amide bonds. The van der Waals surface area contributed by atoms with Crippen molar-refractivity contribution < 1.29 is 0 Å². The Balaban J connectivity index is 1.43. The van der Waals surface area contributed by atoms with E-state index in [0.717, 1.165) is 48.8 Å². The lowest BCUT2D eigenvalue weighted by Crippen LogP contribution is -2.44. The molecule has 2 heterocycles. The van der Waals surface area contributed by atoms with Crippen LogP contribution in [-0.4, -0.2) is 43.7 Å². The van der Waals surface area contributed by atoms with E-state index in [1.165, 1.54) is 25.7 Å². The van der Waals surface area contributed by atoms with Crippen molar-refractivity contribution in [3.8, 4) is 0 Å². The molecule has 1 saturated heterocycles. The van der Waals surface area contributed by atoms with Crippen LogP contribution in [0.25, 0.3) is 0 Å². The van der Waals surface area contributed by atoms with Crippen LogP contribution in [0.1, 0.15) is 32.1 Å². The van der Waals surface area contributed by atoms with E-state index >= 15 is 0 Å². The molecule has 126 valence electrons. The molecular formula is C17H26ClN5. The third kappa shape index (κ3) is 4.74. The topological polar surface area (TPSA) is 52.6 Å². The van der Waals surface area contributed by atoms with Crippen molar-refractivity contribution in [2.45, 2.75) is 38.1 Å². The molecule has 3 rings (SSSR count). The summed E-state index contributed by atoms with van der Waals surface area (Å²) in [4.78, 5) is 11.0. The van der Waals surface area contributed by atoms with E-state index in [1.807, 2.05) is 19.2 Å². The molecule has 0 radical (unpaired) electrons. The molecule has 0 spiro atoms. The number of rotatable bonds is 6. The minimum Gasteiger partial charge on any atom is -0.356 e. The van der Waals surface area contributed by atoms with Crippen molar-refractivity contribution in [3.05, 3.63) is 23.4 Å². The first-order valence-corrected chi connectivity index (χ1v) is 8.96. The quantitative estimate of drug-likeness (QED) is 0.477. The third-order valence-electron chi connectivity index (χ3n) is 4.57. The Morgan fingerprint density at radius 1 is 1.43 bits per heavy atom. The maximum absolute atomic E-state index is 6.24. The van der Waals surface area contributed by atoms with Crippen molar-refractivity contribution in [3.63, 3.8) is 0 Å². The van der Waals surface area contributed by atoms with Gasteiger partial charge in [-0.3, -0.25) is 4.99 Å². The Labute approximate surface area is 143 Å². The van der Waals surface area contributed by atoms with Gasteiger partial charge in [0.2, 0.25) is 0 Å². The number of anilines is 1. The molecular weight excluding hydrogens is 310 g/mol. The average molecular weight is 336 g/mol. The van der Waals surface area contributed by atoms with E-state index in [2.05, 4.69) is 25.5 Å². The summed E-state index contributed by atoms with van der Waals surface area (Å²) in [6.45, 7) is 2.87. The molecule has 0 aromatic carbocycles. The molecule has 2 fully saturated rings. The van der Waals surface area contributed by atoms with Crippen LogP contribution in [0.3, 0.4) is 0 Å². The number of pyridine rings is 1. The van der Waals surface area contributed by atoms with Crippen LogP contribution >= 0.6 is 11.6 Å². The zero-order valence-corrected chi connectivity index (χ0v) is 14.5. The van der Waals surface area contributed by atoms with Crippen LogP contribution in [0.5, 0.6) is 0 Å². The van der Waals surface area contributed by atoms with Gasteiger partial charge in [0.05, 0.1) is 5.02 Å². The Kier molecular flexibility index (Phi) is 5.60. The summed E-state index contributed by atoms with van der Waals surface area (Å²) >= 11 is 6.24. The summed E-state index contributed by atoms with van der Waals surface area (Å²) in [6, 6.07) is 4.14. The van der Waals surface area contributed by atoms with Crippen LogP contribution in [0.2, 0.25) is 5.02 Å². The molecule has 23 heavy (non-hydrogen) atoms. The van der Waals surface area contributed by atoms with Gasteiger partial charge in [0.15, 0.2) is 5.96 Å². The first-order chi connectivity index (χ1) is 11.3. The lowest BCUT2D eigenvalue weighted by Gasteiger charge is -2.20. The molecule has 1 aromatic heterocycles. The van der Waals surface area contributed by atoms with Gasteiger partial charge in [-0.1, -0.05) is 24.4 Å². The Bertz CT molecular complexity index is 544. The van der Waals surface area contributed by atoms with Crippen molar-refractivity contribution >= 4 is 23.4 Å². The number of nitrogens with one attached hydrogen (secondary N) is 2. The van der Waals surface area contributed by atoms with E-state index < -0.39 is 0 Å². The van der Waals surface area contributed by atoms with Crippen LogP contribution < -0.4 is 15.5 Å². The van der Waals surface area contributed by atoms with Crippen molar-refractivity contribution in [2.24, 2.45) is 10.9 Å². The van der Waals surface area contributed by atoms with Gasteiger partial charge in [-0.05, 0) is 37.3 Å². The van der Waals surface area contributed by atoms with E-state index in [4.69, 9.17) is 11.6 Å². The summed E-state index contributed by atoms with van der Waals surface area (Å²) in [5, 5.41) is 7.66. The number of aliphatic imine (C=N–C) groups is 1. The maximum atomic E-state index is 6.24. The van der Waals surface area contributed by atoms with E-state index in [1.54, 1.807) is 6.20 Å². The highest BCUT2D eigenvalue weighted by Crippen LogP contribution is 2.33. The van der Waals surface area contributed by atoms with Crippen molar-refractivity contribution in [1.82, 2.24) is 15.6 Å². The fraction of sp³-hybridized carbons (Fsp3) is 0.647. The summed E-state index contributed by atoms with van der Waals surface area (Å²) in [5.74, 6) is 2.78. The number of hydrogen-bond acceptors (Lipinski definition) is 3. The van der Waals surface area contributed by atoms with Crippen LogP contribution in [0, 0.1) is 5.92 Å². The largest absolute Gasteiger partial charge is 0.356 e. The van der Waals surface area contributed by atoms with Gasteiger partial charge >= 0.3 is 0 Å². The Morgan fingerprint density at radius 2 is 2.30 bits per heavy atom. The molecule has 1 aliphatic carbocycles. The number of nitrogens with zero attached hydrogens (tertiary/aromatic N) is 3. The summed E-state index contributed by atoms with van der Waals surface area (Å²) in [6.07, 6.45) is 8.30.